The third kappa shape index (κ3) is 4.77. The van der Waals surface area contributed by atoms with E-state index in [-0.39, 0.29) is 35.0 Å². The molecule has 0 saturated carbocycles. The van der Waals surface area contributed by atoms with Crippen LogP contribution in [0.2, 0.25) is 0 Å². The van der Waals surface area contributed by atoms with E-state index in [1.165, 1.54) is 34.6 Å². The average Bonchev–Trinajstić information content (AvgIpc) is 3.17. The molecule has 5 rings (SSSR count). The first kappa shape index (κ1) is 24.1. The number of ether oxygens (including phenoxy) is 1. The minimum Gasteiger partial charge on any atom is -0.497 e. The molecule has 188 valence electrons. The van der Waals surface area contributed by atoms with Gasteiger partial charge in [-0.3, -0.25) is 4.57 Å². The summed E-state index contributed by atoms with van der Waals surface area (Å²) in [7, 11) is 1.51. The van der Waals surface area contributed by atoms with Gasteiger partial charge in [-0.25, -0.2) is 27.5 Å². The Morgan fingerprint density at radius 3 is 2.43 bits per heavy atom. The summed E-state index contributed by atoms with van der Waals surface area (Å²) in [6.07, 6.45) is 1.81. The van der Waals surface area contributed by atoms with Gasteiger partial charge >= 0.3 is 5.69 Å². The Labute approximate surface area is 209 Å². The third-order valence-corrected chi connectivity index (χ3v) is 6.00. The number of methoxy groups -OCH3 is 1. The summed E-state index contributed by atoms with van der Waals surface area (Å²) in [5, 5.41) is 3.05. The molecule has 0 saturated heterocycles. The number of fused-ring (bicyclic) bond motifs is 1. The smallest absolute Gasteiger partial charge is 0.335 e. The Morgan fingerprint density at radius 2 is 1.68 bits per heavy atom. The molecule has 0 fully saturated rings. The third-order valence-electron chi connectivity index (χ3n) is 6.00. The summed E-state index contributed by atoms with van der Waals surface area (Å²) in [4.78, 5) is 22.4. The van der Waals surface area contributed by atoms with Gasteiger partial charge in [0.1, 0.15) is 28.7 Å². The van der Waals surface area contributed by atoms with Crippen LogP contribution in [0, 0.1) is 17.5 Å². The highest BCUT2D eigenvalue weighted by atomic mass is 19.1. The Kier molecular flexibility index (Phi) is 6.63. The van der Waals surface area contributed by atoms with Crippen molar-refractivity contribution in [2.75, 3.05) is 19.0 Å². The van der Waals surface area contributed by atoms with Crippen LogP contribution in [0.15, 0.2) is 77.7 Å². The maximum absolute atomic E-state index is 14.4. The summed E-state index contributed by atoms with van der Waals surface area (Å²) in [5.41, 5.74) is 0.721. The zero-order valence-corrected chi connectivity index (χ0v) is 19.8. The lowest BCUT2D eigenvalue weighted by molar-refractivity contribution is 0.414. The zero-order chi connectivity index (χ0) is 25.9. The zero-order valence-electron chi connectivity index (χ0n) is 19.8. The number of nitrogens with zero attached hydrogens (tertiary/aromatic N) is 4. The molecule has 37 heavy (non-hydrogen) atoms. The Balaban J connectivity index is 1.57. The van der Waals surface area contributed by atoms with Crippen LogP contribution in [0.3, 0.4) is 0 Å². The lowest BCUT2D eigenvalue weighted by Crippen LogP contribution is -2.24. The van der Waals surface area contributed by atoms with Gasteiger partial charge in [0.25, 0.3) is 0 Å². The summed E-state index contributed by atoms with van der Waals surface area (Å²) in [6, 6.07) is 16.8. The van der Waals surface area contributed by atoms with E-state index in [4.69, 9.17) is 4.74 Å². The van der Waals surface area contributed by atoms with E-state index in [1.54, 1.807) is 42.5 Å². The molecule has 7 nitrogen and oxygen atoms in total. The second-order valence-electron chi connectivity index (χ2n) is 8.28. The van der Waals surface area contributed by atoms with Gasteiger partial charge in [-0.05, 0) is 42.3 Å². The van der Waals surface area contributed by atoms with E-state index in [9.17, 15) is 18.0 Å². The van der Waals surface area contributed by atoms with Crippen molar-refractivity contribution < 1.29 is 17.9 Å². The summed E-state index contributed by atoms with van der Waals surface area (Å²) >= 11 is 0. The largest absolute Gasteiger partial charge is 0.497 e. The average molecular weight is 506 g/mol. The number of benzene rings is 3. The van der Waals surface area contributed by atoms with Crippen molar-refractivity contribution in [3.63, 3.8) is 0 Å². The Bertz CT molecular complexity index is 1630. The van der Waals surface area contributed by atoms with Gasteiger partial charge in [0.05, 0.1) is 25.5 Å². The van der Waals surface area contributed by atoms with Crippen molar-refractivity contribution in [1.82, 2.24) is 19.1 Å². The van der Waals surface area contributed by atoms with E-state index in [0.29, 0.717) is 30.0 Å². The SMILES string of the molecule is COc1cccc(-n2c(=O)n(Cc3c(F)cccc3F)c3cnc(NCCc4ccccc4F)nc32)c1. The monoisotopic (exact) mass is 505 g/mol. The lowest BCUT2D eigenvalue weighted by Gasteiger charge is -2.08. The standard InChI is InChI=1S/C27H22F3N5O2/c1-37-19-8-4-7-18(14-19)35-25-24(34(27(35)36)16-20-22(29)10-5-11-23(20)30)15-32-26(33-25)31-13-12-17-6-2-3-9-21(17)28/h2-11,14-15H,12-13,16H2,1H3,(H,31,32,33). The van der Waals surface area contributed by atoms with E-state index < -0.39 is 17.3 Å². The maximum Gasteiger partial charge on any atom is 0.335 e. The lowest BCUT2D eigenvalue weighted by atomic mass is 10.1. The molecule has 0 aliphatic heterocycles. The molecule has 0 aliphatic rings. The highest BCUT2D eigenvalue weighted by Gasteiger charge is 2.20. The van der Waals surface area contributed by atoms with Gasteiger partial charge < -0.3 is 10.1 Å². The first-order valence-corrected chi connectivity index (χ1v) is 11.5. The molecule has 5 aromatic rings. The molecule has 3 aromatic carbocycles. The predicted octanol–water partition coefficient (Wildman–Crippen LogP) is 4.71. The van der Waals surface area contributed by atoms with Gasteiger partial charge in [-0.1, -0.05) is 30.3 Å². The quantitative estimate of drug-likeness (QED) is 0.331. The number of nitrogens with one attached hydrogen (secondary N) is 1. The molecular formula is C27H22F3N5O2. The fraction of sp³-hybridized carbons (Fsp3) is 0.148. The molecule has 0 bridgehead atoms. The number of imidazole rings is 1. The van der Waals surface area contributed by atoms with Crippen LogP contribution in [0.25, 0.3) is 16.9 Å². The van der Waals surface area contributed by atoms with Gasteiger partial charge in [0.15, 0.2) is 5.65 Å². The summed E-state index contributed by atoms with van der Waals surface area (Å²) in [6.45, 7) is -0.00872. The fourth-order valence-electron chi connectivity index (χ4n) is 4.11. The molecule has 0 spiro atoms. The van der Waals surface area contributed by atoms with Crippen molar-refractivity contribution in [3.05, 3.63) is 112 Å². The second kappa shape index (κ2) is 10.2. The molecule has 1 N–H and O–H groups in total. The molecule has 0 amide bonds. The molecule has 2 heterocycles. The van der Waals surface area contributed by atoms with Crippen molar-refractivity contribution >= 4 is 17.1 Å². The number of aromatic nitrogens is 4. The maximum atomic E-state index is 14.4. The van der Waals surface area contributed by atoms with Gasteiger partial charge in [0, 0.05) is 18.2 Å². The van der Waals surface area contributed by atoms with E-state index in [2.05, 4.69) is 15.3 Å². The molecule has 0 radical (unpaired) electrons. The number of halogens is 3. The molecular weight excluding hydrogens is 483 g/mol. The van der Waals surface area contributed by atoms with Crippen LogP contribution >= 0.6 is 0 Å². The first-order valence-electron chi connectivity index (χ1n) is 11.5. The number of hydrogen-bond donors (Lipinski definition) is 1. The van der Waals surface area contributed by atoms with Gasteiger partial charge in [-0.2, -0.15) is 4.98 Å². The second-order valence-corrected chi connectivity index (χ2v) is 8.28. The van der Waals surface area contributed by atoms with Crippen molar-refractivity contribution in [3.8, 4) is 11.4 Å². The van der Waals surface area contributed by atoms with Crippen LogP contribution in [0.4, 0.5) is 19.1 Å². The minimum atomic E-state index is -0.762. The summed E-state index contributed by atoms with van der Waals surface area (Å²) < 4.78 is 50.6. The van der Waals surface area contributed by atoms with Crippen LogP contribution in [-0.2, 0) is 13.0 Å². The normalized spacial score (nSPS) is 11.1. The molecule has 2 aromatic heterocycles. The summed E-state index contributed by atoms with van der Waals surface area (Å²) in [5.74, 6) is -1.09. The topological polar surface area (TPSA) is 74.0 Å². The van der Waals surface area contributed by atoms with Crippen molar-refractivity contribution in [2.24, 2.45) is 0 Å². The predicted molar refractivity (Wildman–Crippen MR) is 134 cm³/mol. The minimum absolute atomic E-state index is 0.217. The Hall–Kier alpha value is -4.60. The molecule has 0 atom stereocenters. The van der Waals surface area contributed by atoms with Gasteiger partial charge in [0.2, 0.25) is 5.95 Å². The van der Waals surface area contributed by atoms with Crippen LogP contribution in [0.5, 0.6) is 5.75 Å². The van der Waals surface area contributed by atoms with Crippen LogP contribution in [-0.4, -0.2) is 32.8 Å². The molecule has 0 aliphatic carbocycles. The van der Waals surface area contributed by atoms with Crippen molar-refractivity contribution in [2.45, 2.75) is 13.0 Å². The van der Waals surface area contributed by atoms with E-state index >= 15 is 0 Å². The number of hydrogen-bond acceptors (Lipinski definition) is 5. The molecule has 0 unspecified atom stereocenters. The van der Waals surface area contributed by atoms with E-state index in [1.807, 2.05) is 0 Å². The highest BCUT2D eigenvalue weighted by molar-refractivity contribution is 5.74. The molecule has 10 heteroatoms. The number of anilines is 1. The van der Waals surface area contributed by atoms with Crippen LogP contribution in [0.1, 0.15) is 11.1 Å². The van der Waals surface area contributed by atoms with E-state index in [0.717, 1.165) is 12.1 Å². The Morgan fingerprint density at radius 1 is 0.946 bits per heavy atom. The van der Waals surface area contributed by atoms with Gasteiger partial charge in [-0.15, -0.1) is 0 Å². The number of rotatable bonds is 8. The van der Waals surface area contributed by atoms with Crippen molar-refractivity contribution in [1.29, 1.82) is 0 Å². The van der Waals surface area contributed by atoms with Crippen LogP contribution < -0.4 is 15.7 Å². The fourth-order valence-corrected chi connectivity index (χ4v) is 4.11. The highest BCUT2D eigenvalue weighted by Crippen LogP contribution is 2.22. The first-order chi connectivity index (χ1) is 18.0.